The Morgan fingerprint density at radius 1 is 1.15 bits per heavy atom. The molecular weight excluding hydrogens is 334 g/mol. The molecule has 0 aromatic heterocycles. The predicted octanol–water partition coefficient (Wildman–Crippen LogP) is 2.91. The minimum absolute atomic E-state index is 0.185. The number of aliphatic hydroxyl groups is 1. The van der Waals surface area contributed by atoms with E-state index in [1.54, 1.807) is 0 Å². The second kappa shape index (κ2) is 13.5. The molecule has 6 nitrogen and oxygen atoms in total. The number of carbonyl (C=O) groups is 2. The molecule has 0 spiro atoms. The number of rotatable bonds is 14. The molecule has 0 rings (SSSR count). The molecule has 0 aliphatic heterocycles. The number of nitrogens with zero attached hydrogens (tertiary/aromatic N) is 1. The van der Waals surface area contributed by atoms with Crippen LogP contribution in [-0.2, 0) is 14.3 Å². The van der Waals surface area contributed by atoms with E-state index in [9.17, 15) is 14.7 Å². The zero-order chi connectivity index (χ0) is 20.0. The lowest BCUT2D eigenvalue weighted by molar-refractivity contribution is -0.873. The number of carbonyl (C=O) groups excluding carboxylic acids is 1. The Morgan fingerprint density at radius 3 is 2.38 bits per heavy atom. The van der Waals surface area contributed by atoms with Gasteiger partial charge in [-0.25, -0.2) is 0 Å². The zero-order valence-electron chi connectivity index (χ0n) is 16.7. The maximum absolute atomic E-state index is 11.9. The summed E-state index contributed by atoms with van der Waals surface area (Å²) in [6, 6.07) is 0. The third kappa shape index (κ3) is 15.8. The van der Waals surface area contributed by atoms with Crippen LogP contribution in [-0.4, -0.2) is 66.5 Å². The summed E-state index contributed by atoms with van der Waals surface area (Å²) < 4.78 is 5.83. The molecule has 26 heavy (non-hydrogen) atoms. The van der Waals surface area contributed by atoms with E-state index in [2.05, 4.69) is 13.0 Å². The van der Waals surface area contributed by atoms with Crippen molar-refractivity contribution < 1.29 is 29.0 Å². The topological polar surface area (TPSA) is 83.8 Å². The predicted molar refractivity (Wildman–Crippen MR) is 103 cm³/mol. The average molecular weight is 371 g/mol. The normalized spacial score (nSPS) is 14.7. The van der Waals surface area contributed by atoms with Crippen LogP contribution in [0.15, 0.2) is 24.3 Å². The van der Waals surface area contributed by atoms with Crippen molar-refractivity contribution in [2.75, 3.05) is 27.7 Å². The molecule has 0 aromatic carbocycles. The third-order valence-electron chi connectivity index (χ3n) is 3.62. The molecule has 2 atom stereocenters. The molecule has 0 aromatic rings. The fourth-order valence-electron chi connectivity index (χ4n) is 2.45. The van der Waals surface area contributed by atoms with Gasteiger partial charge in [0.15, 0.2) is 6.10 Å². The second-order valence-electron chi connectivity index (χ2n) is 7.61. The quantitative estimate of drug-likeness (QED) is 0.279. The highest BCUT2D eigenvalue weighted by molar-refractivity contribution is 5.71. The summed E-state index contributed by atoms with van der Waals surface area (Å²) in [5.41, 5.74) is 0. The molecule has 0 bridgehead atoms. The van der Waals surface area contributed by atoms with Crippen LogP contribution in [0.1, 0.15) is 51.9 Å². The SMILES string of the molecule is CCC/C=C/C=C/CC(O)CCCC(=O)OC(CC(=O)O)C[N+](C)(C)C. The van der Waals surface area contributed by atoms with Gasteiger partial charge in [0.2, 0.25) is 0 Å². The van der Waals surface area contributed by atoms with Crippen LogP contribution < -0.4 is 0 Å². The third-order valence-corrected chi connectivity index (χ3v) is 3.62. The maximum Gasteiger partial charge on any atom is 0.307 e. The number of quaternary nitrogens is 1. The summed E-state index contributed by atoms with van der Waals surface area (Å²) >= 11 is 0. The van der Waals surface area contributed by atoms with Gasteiger partial charge >= 0.3 is 11.9 Å². The van der Waals surface area contributed by atoms with E-state index < -0.39 is 24.1 Å². The van der Waals surface area contributed by atoms with Crippen molar-refractivity contribution in [1.29, 1.82) is 0 Å². The number of esters is 1. The standard InChI is InChI=1S/C20H35NO5/c1-5-6-7-8-9-10-12-17(22)13-11-14-20(25)26-18(15-19(23)24)16-21(2,3)4/h7-10,17-18,22H,5-6,11-16H2,1-4H3/p+1/b8-7+,10-9+. The fourth-order valence-corrected chi connectivity index (χ4v) is 2.45. The number of aliphatic hydroxyl groups excluding tert-OH is 1. The van der Waals surface area contributed by atoms with Crippen LogP contribution in [0.5, 0.6) is 0 Å². The monoisotopic (exact) mass is 370 g/mol. The summed E-state index contributed by atoms with van der Waals surface area (Å²) in [5, 5.41) is 18.9. The number of aliphatic carboxylic acids is 1. The summed E-state index contributed by atoms with van der Waals surface area (Å²) in [4.78, 5) is 22.9. The minimum Gasteiger partial charge on any atom is -0.481 e. The van der Waals surface area contributed by atoms with Gasteiger partial charge in [-0.1, -0.05) is 37.6 Å². The molecule has 0 radical (unpaired) electrons. The Hall–Kier alpha value is -1.66. The highest BCUT2D eigenvalue weighted by Gasteiger charge is 2.24. The highest BCUT2D eigenvalue weighted by atomic mass is 16.5. The fraction of sp³-hybridized carbons (Fsp3) is 0.700. The highest BCUT2D eigenvalue weighted by Crippen LogP contribution is 2.10. The first-order valence-corrected chi connectivity index (χ1v) is 9.35. The first-order chi connectivity index (χ1) is 12.1. The van der Waals surface area contributed by atoms with Crippen molar-refractivity contribution in [2.24, 2.45) is 0 Å². The van der Waals surface area contributed by atoms with Crippen molar-refractivity contribution >= 4 is 11.9 Å². The lowest BCUT2D eigenvalue weighted by atomic mass is 10.1. The van der Waals surface area contributed by atoms with Gasteiger partial charge in [-0.2, -0.15) is 0 Å². The van der Waals surface area contributed by atoms with Gasteiger partial charge in [-0.15, -0.1) is 0 Å². The summed E-state index contributed by atoms with van der Waals surface area (Å²) in [6.45, 7) is 2.56. The van der Waals surface area contributed by atoms with Crippen LogP contribution in [0.2, 0.25) is 0 Å². The molecule has 0 saturated carbocycles. The molecule has 6 heteroatoms. The van der Waals surface area contributed by atoms with E-state index in [0.717, 1.165) is 12.8 Å². The molecule has 0 fully saturated rings. The van der Waals surface area contributed by atoms with Crippen molar-refractivity contribution in [1.82, 2.24) is 0 Å². The summed E-state index contributed by atoms with van der Waals surface area (Å²) in [5.74, 6) is -1.39. The molecule has 0 heterocycles. The van der Waals surface area contributed by atoms with E-state index in [1.807, 2.05) is 39.4 Å². The van der Waals surface area contributed by atoms with Crippen LogP contribution in [0, 0.1) is 0 Å². The van der Waals surface area contributed by atoms with Crippen LogP contribution in [0.3, 0.4) is 0 Å². The van der Waals surface area contributed by atoms with Crippen LogP contribution in [0.4, 0.5) is 0 Å². The van der Waals surface area contributed by atoms with E-state index in [4.69, 9.17) is 9.84 Å². The number of ether oxygens (including phenoxy) is 1. The molecular formula is C20H36NO5+. The number of carboxylic acid groups (broad SMARTS) is 1. The largest absolute Gasteiger partial charge is 0.481 e. The Labute approximate surface area is 157 Å². The number of hydrogen-bond donors (Lipinski definition) is 2. The van der Waals surface area contributed by atoms with Crippen LogP contribution >= 0.6 is 0 Å². The van der Waals surface area contributed by atoms with Gasteiger partial charge in [0, 0.05) is 6.42 Å². The summed E-state index contributed by atoms with van der Waals surface area (Å²) in [6.07, 6.45) is 10.5. The van der Waals surface area contributed by atoms with Crippen molar-refractivity contribution in [3.8, 4) is 0 Å². The molecule has 2 unspecified atom stereocenters. The maximum atomic E-state index is 11.9. The number of hydrogen-bond acceptors (Lipinski definition) is 4. The van der Waals surface area contributed by atoms with E-state index >= 15 is 0 Å². The van der Waals surface area contributed by atoms with Gasteiger partial charge < -0.3 is 19.4 Å². The second-order valence-corrected chi connectivity index (χ2v) is 7.61. The van der Waals surface area contributed by atoms with Gasteiger partial charge in [0.25, 0.3) is 0 Å². The van der Waals surface area contributed by atoms with Gasteiger partial charge in [0.05, 0.1) is 33.7 Å². The lowest BCUT2D eigenvalue weighted by Gasteiger charge is -2.28. The Bertz CT molecular complexity index is 465. The van der Waals surface area contributed by atoms with E-state index in [1.165, 1.54) is 0 Å². The molecule has 0 aliphatic rings. The van der Waals surface area contributed by atoms with Crippen LogP contribution in [0.25, 0.3) is 0 Å². The van der Waals surface area contributed by atoms with Crippen molar-refractivity contribution in [3.63, 3.8) is 0 Å². The lowest BCUT2D eigenvalue weighted by Crippen LogP contribution is -2.43. The Balaban J connectivity index is 4.12. The van der Waals surface area contributed by atoms with E-state index in [-0.39, 0.29) is 12.8 Å². The summed E-state index contributed by atoms with van der Waals surface area (Å²) in [7, 11) is 5.76. The number of carboxylic acids is 1. The van der Waals surface area contributed by atoms with Gasteiger partial charge in [-0.3, -0.25) is 9.59 Å². The van der Waals surface area contributed by atoms with Crippen molar-refractivity contribution in [2.45, 2.75) is 64.1 Å². The molecule has 0 saturated heterocycles. The average Bonchev–Trinajstić information content (AvgIpc) is 2.48. The van der Waals surface area contributed by atoms with E-state index in [0.29, 0.717) is 30.3 Å². The first kappa shape index (κ1) is 24.3. The van der Waals surface area contributed by atoms with Crippen molar-refractivity contribution in [3.05, 3.63) is 24.3 Å². The number of unbranched alkanes of at least 4 members (excludes halogenated alkanes) is 1. The number of allylic oxidation sites excluding steroid dienone is 3. The Kier molecular flexibility index (Phi) is 12.7. The first-order valence-electron chi connectivity index (χ1n) is 9.35. The smallest absolute Gasteiger partial charge is 0.307 e. The molecule has 0 amide bonds. The Morgan fingerprint density at radius 2 is 1.81 bits per heavy atom. The molecule has 150 valence electrons. The number of likely N-dealkylation sites (N-methyl/N-ethyl adjacent to an activating group) is 1. The van der Waals surface area contributed by atoms with Gasteiger partial charge in [0.1, 0.15) is 6.54 Å². The minimum atomic E-state index is -0.980. The molecule has 2 N–H and O–H groups in total. The van der Waals surface area contributed by atoms with Gasteiger partial charge in [-0.05, 0) is 25.7 Å². The zero-order valence-corrected chi connectivity index (χ0v) is 16.7. The molecule has 0 aliphatic carbocycles.